The summed E-state index contributed by atoms with van der Waals surface area (Å²) in [5, 5.41) is 5.71. The molecular formula is C15H19N3S. The number of nitrogens with one attached hydrogen (secondary N) is 1. The van der Waals surface area contributed by atoms with Crippen molar-refractivity contribution in [1.82, 2.24) is 9.88 Å². The molecule has 0 radical (unpaired) electrons. The zero-order valence-electron chi connectivity index (χ0n) is 11.2. The second-order valence-corrected chi connectivity index (χ2v) is 5.84. The lowest BCUT2D eigenvalue weighted by Crippen LogP contribution is -2.36. The average molecular weight is 273 g/mol. The monoisotopic (exact) mass is 273 g/mol. The quantitative estimate of drug-likeness (QED) is 0.932. The molecule has 0 aliphatic carbocycles. The van der Waals surface area contributed by atoms with Crippen molar-refractivity contribution in [2.75, 3.05) is 18.9 Å². The minimum absolute atomic E-state index is 0.564. The van der Waals surface area contributed by atoms with Gasteiger partial charge >= 0.3 is 0 Å². The molecule has 4 heteroatoms. The first kappa shape index (κ1) is 12.6. The molecule has 3 rings (SSSR count). The lowest BCUT2D eigenvalue weighted by Gasteiger charge is -2.26. The Bertz CT molecular complexity index is 497. The van der Waals surface area contributed by atoms with Gasteiger partial charge in [-0.25, -0.2) is 4.98 Å². The van der Waals surface area contributed by atoms with Gasteiger partial charge in [-0.15, -0.1) is 11.3 Å². The maximum atomic E-state index is 4.37. The first-order chi connectivity index (χ1) is 9.33. The molecule has 19 heavy (non-hydrogen) atoms. The van der Waals surface area contributed by atoms with Crippen molar-refractivity contribution in [3.8, 4) is 0 Å². The van der Waals surface area contributed by atoms with Gasteiger partial charge < -0.3 is 5.32 Å². The molecule has 0 saturated carbocycles. The highest BCUT2D eigenvalue weighted by Crippen LogP contribution is 2.23. The fraction of sp³-hybridized carbons (Fsp3) is 0.400. The van der Waals surface area contributed by atoms with Crippen LogP contribution in [0.25, 0.3) is 0 Å². The number of benzene rings is 1. The first-order valence-electron chi connectivity index (χ1n) is 6.72. The largest absolute Gasteiger partial charge is 0.383 e. The average Bonchev–Trinajstić information content (AvgIpc) is 2.83. The Labute approximate surface area is 118 Å². The van der Waals surface area contributed by atoms with Crippen LogP contribution in [0.1, 0.15) is 17.7 Å². The fourth-order valence-corrected chi connectivity index (χ4v) is 3.19. The maximum Gasteiger partial charge on any atom is 0.0795 e. The third kappa shape index (κ3) is 2.96. The maximum absolute atomic E-state index is 4.37. The number of thiazole rings is 1. The van der Waals surface area contributed by atoms with E-state index in [2.05, 4.69) is 51.9 Å². The van der Waals surface area contributed by atoms with Gasteiger partial charge in [-0.3, -0.25) is 4.90 Å². The smallest absolute Gasteiger partial charge is 0.0795 e. The predicted octanol–water partition coefficient (Wildman–Crippen LogP) is 3.00. The van der Waals surface area contributed by atoms with Crippen LogP contribution in [-0.4, -0.2) is 29.5 Å². The standard InChI is InChI=1S/C15H19N3S/c1-18(9-13-10-19-11-17-13)14-7-6-12-4-2-3-5-15(12)16-8-14/h2-5,10-11,14,16H,6-9H2,1H3. The van der Waals surface area contributed by atoms with Gasteiger partial charge in [-0.2, -0.15) is 0 Å². The second kappa shape index (κ2) is 5.72. The summed E-state index contributed by atoms with van der Waals surface area (Å²) in [4.78, 5) is 6.78. The molecule has 2 heterocycles. The summed E-state index contributed by atoms with van der Waals surface area (Å²) in [5.74, 6) is 0. The van der Waals surface area contributed by atoms with Gasteiger partial charge in [0, 0.05) is 30.2 Å². The zero-order valence-corrected chi connectivity index (χ0v) is 12.0. The Hall–Kier alpha value is -1.39. The lowest BCUT2D eigenvalue weighted by molar-refractivity contribution is 0.231. The molecule has 2 aromatic rings. The topological polar surface area (TPSA) is 28.2 Å². The van der Waals surface area contributed by atoms with E-state index in [4.69, 9.17) is 0 Å². The van der Waals surface area contributed by atoms with Gasteiger partial charge in [0.15, 0.2) is 0 Å². The number of para-hydroxylation sites is 1. The van der Waals surface area contributed by atoms with Gasteiger partial charge in [0.2, 0.25) is 0 Å². The molecule has 3 nitrogen and oxygen atoms in total. The number of aromatic nitrogens is 1. The van der Waals surface area contributed by atoms with Crippen LogP contribution in [0.4, 0.5) is 5.69 Å². The molecular weight excluding hydrogens is 254 g/mol. The van der Waals surface area contributed by atoms with E-state index in [9.17, 15) is 0 Å². The Morgan fingerprint density at radius 2 is 2.32 bits per heavy atom. The van der Waals surface area contributed by atoms with E-state index < -0.39 is 0 Å². The summed E-state index contributed by atoms with van der Waals surface area (Å²) in [5.41, 5.74) is 5.82. The van der Waals surface area contributed by atoms with E-state index in [1.807, 2.05) is 5.51 Å². The van der Waals surface area contributed by atoms with Crippen molar-refractivity contribution < 1.29 is 0 Å². The van der Waals surface area contributed by atoms with Gasteiger partial charge in [0.05, 0.1) is 11.2 Å². The van der Waals surface area contributed by atoms with E-state index in [-0.39, 0.29) is 0 Å². The van der Waals surface area contributed by atoms with E-state index >= 15 is 0 Å². The predicted molar refractivity (Wildman–Crippen MR) is 80.6 cm³/mol. The van der Waals surface area contributed by atoms with Gasteiger partial charge in [0.25, 0.3) is 0 Å². The van der Waals surface area contributed by atoms with Crippen molar-refractivity contribution >= 4 is 17.0 Å². The molecule has 1 unspecified atom stereocenters. The van der Waals surface area contributed by atoms with Crippen molar-refractivity contribution in [3.63, 3.8) is 0 Å². The number of aryl methyl sites for hydroxylation is 1. The molecule has 0 amide bonds. The van der Waals surface area contributed by atoms with Crippen LogP contribution in [0.3, 0.4) is 0 Å². The number of nitrogens with zero attached hydrogens (tertiary/aromatic N) is 2. The number of hydrogen-bond acceptors (Lipinski definition) is 4. The first-order valence-corrected chi connectivity index (χ1v) is 7.66. The highest BCUT2D eigenvalue weighted by atomic mass is 32.1. The van der Waals surface area contributed by atoms with Crippen LogP contribution in [0, 0.1) is 0 Å². The van der Waals surface area contributed by atoms with Crippen molar-refractivity contribution in [3.05, 3.63) is 46.4 Å². The Balaban J connectivity index is 1.65. The normalized spacial score (nSPS) is 18.7. The minimum Gasteiger partial charge on any atom is -0.383 e. The van der Waals surface area contributed by atoms with Gasteiger partial charge in [-0.05, 0) is 31.5 Å². The molecule has 0 fully saturated rings. The molecule has 0 spiro atoms. The number of rotatable bonds is 3. The summed E-state index contributed by atoms with van der Waals surface area (Å²) < 4.78 is 0. The minimum atomic E-state index is 0.564. The summed E-state index contributed by atoms with van der Waals surface area (Å²) >= 11 is 1.67. The summed E-state index contributed by atoms with van der Waals surface area (Å²) in [7, 11) is 2.20. The second-order valence-electron chi connectivity index (χ2n) is 5.13. The van der Waals surface area contributed by atoms with E-state index in [0.717, 1.165) is 19.5 Å². The number of fused-ring (bicyclic) bond motifs is 1. The third-order valence-electron chi connectivity index (χ3n) is 3.81. The summed E-state index contributed by atoms with van der Waals surface area (Å²) in [6, 6.07) is 9.20. The van der Waals surface area contributed by atoms with Crippen LogP contribution < -0.4 is 5.32 Å². The lowest BCUT2D eigenvalue weighted by atomic mass is 10.1. The highest BCUT2D eigenvalue weighted by Gasteiger charge is 2.19. The van der Waals surface area contributed by atoms with Crippen LogP contribution in [0.15, 0.2) is 35.2 Å². The van der Waals surface area contributed by atoms with Crippen LogP contribution in [0.2, 0.25) is 0 Å². The van der Waals surface area contributed by atoms with Crippen LogP contribution >= 0.6 is 11.3 Å². The Kier molecular flexibility index (Phi) is 3.80. The molecule has 0 bridgehead atoms. The van der Waals surface area contributed by atoms with Crippen molar-refractivity contribution in [2.45, 2.75) is 25.4 Å². The highest BCUT2D eigenvalue weighted by molar-refractivity contribution is 7.07. The molecule has 1 aliphatic heterocycles. The number of anilines is 1. The van der Waals surface area contributed by atoms with Crippen LogP contribution in [-0.2, 0) is 13.0 Å². The van der Waals surface area contributed by atoms with Crippen molar-refractivity contribution in [2.24, 2.45) is 0 Å². The zero-order chi connectivity index (χ0) is 13.1. The van der Waals surface area contributed by atoms with E-state index in [0.29, 0.717) is 6.04 Å². The molecule has 1 aliphatic rings. The molecule has 0 saturated heterocycles. The SMILES string of the molecule is CN(Cc1cscn1)C1CCc2ccccc2NC1. The number of hydrogen-bond donors (Lipinski definition) is 1. The molecule has 100 valence electrons. The fourth-order valence-electron chi connectivity index (χ4n) is 2.64. The molecule has 1 aromatic carbocycles. The van der Waals surface area contributed by atoms with Gasteiger partial charge in [-0.1, -0.05) is 18.2 Å². The van der Waals surface area contributed by atoms with Gasteiger partial charge in [0.1, 0.15) is 0 Å². The molecule has 1 aromatic heterocycles. The molecule has 1 N–H and O–H groups in total. The van der Waals surface area contributed by atoms with E-state index in [1.165, 1.54) is 23.4 Å². The van der Waals surface area contributed by atoms with Crippen LogP contribution in [0.5, 0.6) is 0 Å². The Morgan fingerprint density at radius 1 is 1.42 bits per heavy atom. The van der Waals surface area contributed by atoms with Crippen molar-refractivity contribution in [1.29, 1.82) is 0 Å². The number of likely N-dealkylation sites (N-methyl/N-ethyl adjacent to an activating group) is 1. The Morgan fingerprint density at radius 3 is 3.16 bits per heavy atom. The summed E-state index contributed by atoms with van der Waals surface area (Å²) in [6.07, 6.45) is 2.35. The third-order valence-corrected chi connectivity index (χ3v) is 4.45. The molecule has 1 atom stereocenters. The summed E-state index contributed by atoms with van der Waals surface area (Å²) in [6.45, 7) is 1.95. The van der Waals surface area contributed by atoms with E-state index in [1.54, 1.807) is 11.3 Å².